The highest BCUT2D eigenvalue weighted by atomic mass is 32.3. The van der Waals surface area contributed by atoms with E-state index >= 15 is 0 Å². The molecule has 9 atom stereocenters. The summed E-state index contributed by atoms with van der Waals surface area (Å²) >= 11 is 9.02. The Kier molecular flexibility index (Phi) is 98.7. The van der Waals surface area contributed by atoms with E-state index in [0.717, 1.165) is 116 Å². The van der Waals surface area contributed by atoms with Gasteiger partial charge in [-0.05, 0) is 0 Å². The van der Waals surface area contributed by atoms with E-state index in [-0.39, 0.29) is 127 Å². The molecule has 0 aromatic carbocycles. The molecule has 0 unspecified atom stereocenters. The molecule has 0 aliphatic carbocycles. The van der Waals surface area contributed by atoms with E-state index in [1.165, 1.54) is 16.6 Å². The van der Waals surface area contributed by atoms with Gasteiger partial charge in [-0.3, -0.25) is 0 Å². The summed E-state index contributed by atoms with van der Waals surface area (Å²) in [6.07, 6.45) is -24.5. The Labute approximate surface area is 546 Å². The average Bonchev–Trinajstić information content (AvgIpc) is 3.44. The molecular formula is C11H52Al9O55S8. The van der Waals surface area contributed by atoms with Gasteiger partial charge in [0, 0.05) is 17.4 Å². The lowest BCUT2D eigenvalue weighted by Gasteiger charge is -2.46. The molecule has 2 heterocycles. The van der Waals surface area contributed by atoms with Crippen LogP contribution in [0.5, 0.6) is 0 Å². The fourth-order valence-corrected chi connectivity index (χ4v) is 9.15. The Morgan fingerprint density at radius 2 is 0.578 bits per heavy atom. The van der Waals surface area contributed by atoms with Gasteiger partial charge >= 0.3 is 216 Å². The van der Waals surface area contributed by atoms with E-state index in [4.69, 9.17) is 30.9 Å². The fraction of sp³-hybridized carbons (Fsp3) is 1.00. The van der Waals surface area contributed by atoms with Crippen LogP contribution in [0.25, 0.3) is 0 Å². The summed E-state index contributed by atoms with van der Waals surface area (Å²) in [6, 6.07) is 0. The van der Waals surface area contributed by atoms with Crippen LogP contribution in [0.2, 0.25) is 0 Å². The molecule has 83 heavy (non-hydrogen) atoms. The maximum Gasteiger partial charge on any atom is 0.408 e. The lowest BCUT2D eigenvalue weighted by molar-refractivity contribution is -0.379. The standard InChI is InChI=1S/C11H20O35S8.9Al.20H2O/c12-47(13,14)36-1-3-4(41-49(18,19)20)5(42-50(21,22)23)6(43-51(24,25)26)9(38-3)39-11(2-37-48(15,16)17)8(45-53(30,31)32)7(44-52(27,28)29)10(40-11)46-54(33,34)35;;;;;;;;;;;;;;;;;;;;;;;;;;;;;/h3-10H,1-2H2,(H,12,13,14)(H,15,16,17)(H,18,19,20)(H,21,22,23)(H,24,25,26)(H,27,28,29)(H,30,31,32)(H,33,34,35);;;;;;;;;;20*1H2/q;;8*+1;;;;;;;;;;;;;;;;;;;;/p-8/t3-,4-,5+,6-,7+,8+,9+,10-,11-;;;;;;;;;;;;;;;;;;;;;;;;;;;;;/m1............................./s1. The smallest absolute Gasteiger partial charge is 0.408 e. The molecule has 0 amide bonds. The van der Waals surface area contributed by atoms with E-state index in [1.807, 2.05) is 0 Å². The highest BCUT2D eigenvalue weighted by molar-refractivity contribution is 7.84. The van der Waals surface area contributed by atoms with Crippen LogP contribution in [-0.4, -0.2) is 395 Å². The molecular weight excluding hydrogens is 1510 g/mol. The highest BCUT2D eigenvalue weighted by Gasteiger charge is 2.66. The van der Waals surface area contributed by atoms with Crippen LogP contribution in [0.15, 0.2) is 0 Å². The maximum absolute atomic E-state index is 12.8. The minimum atomic E-state index is -5.71. The Balaban J connectivity index is -0.000000105. The van der Waals surface area contributed by atoms with E-state index in [2.05, 4.69) is 42.6 Å². The predicted octanol–water partition coefficient (Wildman–Crippen LogP) is -27.4. The zero-order valence-corrected chi connectivity index (χ0v) is 56.2. The first-order chi connectivity index (χ1) is 28.2. The molecule has 0 aromatic rings. The van der Waals surface area contributed by atoms with Gasteiger partial charge < -0.3 is 150 Å². The lowest BCUT2D eigenvalue weighted by atomic mass is 9.99. The molecule has 2 aliphatic rings. The zero-order valence-electron chi connectivity index (χ0n) is 39.3. The molecule has 2 saturated heterocycles. The third-order valence-electron chi connectivity index (χ3n) is 6.30. The molecule has 501 valence electrons. The summed E-state index contributed by atoms with van der Waals surface area (Å²) in [6.45, 7) is -3.80. The van der Waals surface area contributed by atoms with Crippen molar-refractivity contribution >= 4 is 234 Å². The zero-order chi connectivity index (χ0) is 48.0. The third-order valence-corrected chi connectivity index (χ3v) is 17.4. The third kappa shape index (κ3) is 44.9. The van der Waals surface area contributed by atoms with E-state index < -0.39 is 151 Å². The number of rotatable bonds is 28. The van der Waals surface area contributed by atoms with Crippen LogP contribution in [0, 0.1) is 0 Å². The van der Waals surface area contributed by atoms with E-state index in [0.29, 0.717) is 0 Å². The topological polar surface area (TPSA) is 1080 Å². The molecule has 2 aliphatic heterocycles. The molecule has 0 spiro atoms. The van der Waals surface area contributed by atoms with Gasteiger partial charge in [0.25, 0.3) is 0 Å². The van der Waals surface area contributed by atoms with Gasteiger partial charge in [0.1, 0.15) is 24.9 Å². The minimum absolute atomic E-state index is 0. The lowest BCUT2D eigenvalue weighted by Crippen LogP contribution is -2.66. The van der Waals surface area contributed by atoms with Crippen molar-refractivity contribution in [1.29, 1.82) is 0 Å². The second-order valence-corrected chi connectivity index (χ2v) is 24.2. The normalized spacial score (nSPS) is 21.3. The van der Waals surface area contributed by atoms with Crippen molar-refractivity contribution in [3.63, 3.8) is 0 Å². The summed E-state index contributed by atoms with van der Waals surface area (Å²) in [5, 5.41) is 0. The monoisotopic (exact) mass is 1560 g/mol. The first-order valence-electron chi connectivity index (χ1n) is 13.6. The Morgan fingerprint density at radius 3 is 0.904 bits per heavy atom. The van der Waals surface area contributed by atoms with Crippen molar-refractivity contribution < 1.29 is 250 Å². The van der Waals surface area contributed by atoms with Gasteiger partial charge in [-0.15, -0.1) is 0 Å². The van der Waals surface area contributed by atoms with Gasteiger partial charge in [-0.2, -0.15) is 67.3 Å². The first-order valence-corrected chi connectivity index (χ1v) is 28.0. The van der Waals surface area contributed by atoms with Crippen molar-refractivity contribution in [2.75, 3.05) is 13.2 Å². The number of hydrogen-bond acceptors (Lipinski definition) is 35. The summed E-state index contributed by atoms with van der Waals surface area (Å²) in [4.78, 5) is 0. The van der Waals surface area contributed by atoms with Crippen LogP contribution < -0.4 is 0 Å². The number of ether oxygens (including phenoxy) is 3. The van der Waals surface area contributed by atoms with Gasteiger partial charge in [-0.1, -0.05) is 0 Å². The Bertz CT molecular complexity index is 2450. The van der Waals surface area contributed by atoms with Gasteiger partial charge in [0.05, 0.1) is 6.61 Å². The molecule has 55 nitrogen and oxygen atoms in total. The van der Waals surface area contributed by atoms with Crippen molar-refractivity contribution in [2.45, 2.75) is 55.0 Å². The van der Waals surface area contributed by atoms with Crippen LogP contribution >= 0.6 is 0 Å². The summed E-state index contributed by atoms with van der Waals surface area (Å²) < 4.78 is 287. The largest absolute Gasteiger partial charge is 0.412 e. The van der Waals surface area contributed by atoms with E-state index in [9.17, 15) is 67.3 Å². The van der Waals surface area contributed by atoms with Crippen LogP contribution in [0.3, 0.4) is 0 Å². The average molecular weight is 1560 g/mol. The molecule has 72 heteroatoms. The van der Waals surface area contributed by atoms with Crippen LogP contribution in [0.4, 0.5) is 0 Å². The van der Waals surface area contributed by atoms with Gasteiger partial charge in [0.15, 0.2) is 24.6 Å². The molecule has 0 saturated carbocycles. The molecule has 2 rings (SSSR count). The molecule has 0 aromatic heterocycles. The first kappa shape index (κ1) is 143. The van der Waals surface area contributed by atoms with Gasteiger partial charge in [-0.25, -0.2) is 33.5 Å². The predicted molar refractivity (Wildman–Crippen MR) is 259 cm³/mol. The summed E-state index contributed by atoms with van der Waals surface area (Å²) in [5.41, 5.74) is 0. The minimum Gasteiger partial charge on any atom is -0.412 e. The molecule has 19 radical (unpaired) electrons. The van der Waals surface area contributed by atoms with Crippen molar-refractivity contribution in [3.05, 3.63) is 0 Å². The summed E-state index contributed by atoms with van der Waals surface area (Å²) in [5.74, 6) is -3.93. The SMILES string of the molecule is O.O.O.O.O.O.O.O.O.O.O.O.O.O.O.O.O.O.O.O.O=S(=O)([O][Al])OC[C@H]1O[C@@H](O[C@]2(COS(=O)(=O)[O][Al])O[C@H](OS(=O)(=O)[O][Al])[C@@H](OS(=O)(=O)[O][Al])[C@@H]2OS(=O)(=O)[O][Al])[C@H](OS(=O)(=O)[O][Al])[C@@H](OS(=O)(=O)[O][Al])[C@@H]1OS(=O)(=O)[O][Al].[Al]. The van der Waals surface area contributed by atoms with Crippen LogP contribution in [0.1, 0.15) is 0 Å². The van der Waals surface area contributed by atoms with Crippen LogP contribution in [-0.2, 0) is 157 Å². The van der Waals surface area contributed by atoms with Crippen molar-refractivity contribution in [2.24, 2.45) is 0 Å². The second kappa shape index (κ2) is 57.5. The van der Waals surface area contributed by atoms with Crippen molar-refractivity contribution in [1.82, 2.24) is 0 Å². The summed E-state index contributed by atoms with van der Waals surface area (Å²) in [7, 11) is -44.3. The van der Waals surface area contributed by atoms with Crippen molar-refractivity contribution in [3.8, 4) is 0 Å². The Morgan fingerprint density at radius 1 is 0.313 bits per heavy atom. The maximum atomic E-state index is 12.8. The molecule has 0 bridgehead atoms. The fourth-order valence-electron chi connectivity index (χ4n) is 4.18. The molecule has 40 N–H and O–H groups in total. The quantitative estimate of drug-likeness (QED) is 0.0656. The highest BCUT2D eigenvalue weighted by Crippen LogP contribution is 2.44. The second-order valence-electron chi connectivity index (χ2n) is 9.90. The number of hydrogen-bond donors (Lipinski definition) is 0. The van der Waals surface area contributed by atoms with Gasteiger partial charge in [0.2, 0.25) is 12.1 Å². The molecule has 2 fully saturated rings. The Hall–Kier alpha value is 2.83. The van der Waals surface area contributed by atoms with E-state index in [1.54, 1.807) is 0 Å².